The van der Waals surface area contributed by atoms with Gasteiger partial charge >= 0.3 is 11.8 Å². The number of hydrogen-bond donors (Lipinski definition) is 5. The predicted molar refractivity (Wildman–Crippen MR) is 258 cm³/mol. The van der Waals surface area contributed by atoms with Crippen LogP contribution < -0.4 is 20.8 Å². The van der Waals surface area contributed by atoms with Crippen LogP contribution in [-0.4, -0.2) is 110 Å². The maximum absolute atomic E-state index is 15.0. The number of pyridine rings is 1. The highest BCUT2D eigenvalue weighted by Gasteiger charge is 2.50. The molecule has 4 aliphatic rings. The Kier molecular flexibility index (Phi) is 13.8. The number of hydrogen-bond acceptors (Lipinski definition) is 15. The zero-order valence-corrected chi connectivity index (χ0v) is 40.6. The number of para-hydroxylation sites is 1. The highest BCUT2D eigenvalue weighted by atomic mass is 16.7. The van der Waals surface area contributed by atoms with E-state index >= 15 is 0 Å². The number of anilines is 1. The van der Waals surface area contributed by atoms with Crippen LogP contribution in [0.5, 0.6) is 17.2 Å². The second-order valence-corrected chi connectivity index (χ2v) is 19.5. The number of aromatic hydroxyl groups is 2. The molecule has 8 rings (SSSR count). The van der Waals surface area contributed by atoms with E-state index in [1.165, 1.54) is 27.2 Å². The third kappa shape index (κ3) is 9.22. The fourth-order valence-electron chi connectivity index (χ4n) is 10.3. The van der Waals surface area contributed by atoms with E-state index in [4.69, 9.17) is 28.9 Å². The van der Waals surface area contributed by atoms with Crippen molar-refractivity contribution in [3.05, 3.63) is 100 Å². The van der Waals surface area contributed by atoms with E-state index in [2.05, 4.69) is 21.3 Å². The Morgan fingerprint density at radius 1 is 0.957 bits per heavy atom. The largest absolute Gasteiger partial charge is 0.507 e. The summed E-state index contributed by atoms with van der Waals surface area (Å²) in [6.45, 7) is 15.2. The zero-order chi connectivity index (χ0) is 49.7. The zero-order valence-electron chi connectivity index (χ0n) is 40.6. The van der Waals surface area contributed by atoms with Crippen LogP contribution in [0.25, 0.3) is 21.7 Å². The van der Waals surface area contributed by atoms with Gasteiger partial charge in [-0.3, -0.25) is 34.3 Å². The average molecular weight is 946 g/mol. The molecular formula is C53H63N5O11. The maximum Gasteiger partial charge on any atom is 0.312 e. The Morgan fingerprint density at radius 2 is 1.68 bits per heavy atom. The van der Waals surface area contributed by atoms with E-state index in [0.29, 0.717) is 32.5 Å². The molecule has 1 spiro atoms. The number of benzene rings is 3. The van der Waals surface area contributed by atoms with E-state index in [-0.39, 0.29) is 61.9 Å². The Balaban J connectivity index is 1.24. The number of likely N-dealkylation sites (tertiary alicyclic amines) is 1. The molecule has 1 fully saturated rings. The van der Waals surface area contributed by atoms with Gasteiger partial charge in [-0.05, 0) is 50.5 Å². The van der Waals surface area contributed by atoms with E-state index in [0.717, 1.165) is 16.5 Å². The highest BCUT2D eigenvalue weighted by Crippen LogP contribution is 2.50. The number of carbonyl (C=O) groups excluding carboxylic acids is 3. The number of allylic oxidation sites excluding steroid dienone is 2. The van der Waals surface area contributed by atoms with Crippen LogP contribution in [0.3, 0.4) is 0 Å². The van der Waals surface area contributed by atoms with Gasteiger partial charge in [0.2, 0.25) is 0 Å². The van der Waals surface area contributed by atoms with Crippen LogP contribution in [-0.2, 0) is 30.3 Å². The number of aliphatic hydroxyl groups is 2. The average Bonchev–Trinajstić information content (AvgIpc) is 3.60. The van der Waals surface area contributed by atoms with Crippen molar-refractivity contribution >= 4 is 45.0 Å². The fraction of sp³-hybridized carbons (Fsp3) is 0.472. The third-order valence-electron chi connectivity index (χ3n) is 14.7. The van der Waals surface area contributed by atoms with Gasteiger partial charge in [0.25, 0.3) is 11.7 Å². The van der Waals surface area contributed by atoms with Gasteiger partial charge in [0, 0.05) is 92.4 Å². The molecule has 4 aliphatic heterocycles. The summed E-state index contributed by atoms with van der Waals surface area (Å²) in [5.74, 6) is -7.06. The minimum Gasteiger partial charge on any atom is -0.507 e. The number of aromatic nitrogens is 1. The lowest BCUT2D eigenvalue weighted by Gasteiger charge is -2.39. The normalized spacial score (nSPS) is 30.3. The van der Waals surface area contributed by atoms with Crippen molar-refractivity contribution in [2.45, 2.75) is 111 Å². The number of amides is 1. The number of nitrogens with one attached hydrogen (secondary N) is 1. The monoisotopic (exact) mass is 945 g/mol. The summed E-state index contributed by atoms with van der Waals surface area (Å²) in [6, 6.07) is 10.2. The first-order valence-electron chi connectivity index (χ1n) is 23.6. The number of esters is 1. The SMILES string of the molecule is CO[C@H]1/C=C/O[C@@]2(C)Oc3c(C)c(O)c4c(O)c(c5c(c4c3C2=O)=NC2(CCN(Cc3cnc4ccccc4c3)CC2)CN=5)NC(=O)/C(C)=C\C=C\[C@H](C)[C@H](O)[C@@H](C)[C@@H](O)[C@@H](C)[C@H](OC(C)=O)[C@@H]1C. The number of aliphatic hydroxyl groups excluding tert-OH is 2. The molecule has 4 bridgehead atoms. The molecule has 366 valence electrons. The Morgan fingerprint density at radius 3 is 2.39 bits per heavy atom. The van der Waals surface area contributed by atoms with Crippen molar-refractivity contribution < 1.29 is 53.8 Å². The van der Waals surface area contributed by atoms with Gasteiger partial charge in [-0.25, -0.2) is 0 Å². The van der Waals surface area contributed by atoms with Gasteiger partial charge in [0.05, 0.1) is 58.5 Å². The molecule has 5 heterocycles. The molecule has 0 unspecified atom stereocenters. The van der Waals surface area contributed by atoms with E-state index in [1.54, 1.807) is 65.8 Å². The molecule has 0 aliphatic carbocycles. The summed E-state index contributed by atoms with van der Waals surface area (Å²) < 4.78 is 24.2. The number of nitrogens with zero attached hydrogens (tertiary/aromatic N) is 4. The van der Waals surface area contributed by atoms with Crippen LogP contribution in [0.1, 0.15) is 82.8 Å². The summed E-state index contributed by atoms with van der Waals surface area (Å²) in [5.41, 5.74) is 1.62. The molecule has 5 N–H and O–H groups in total. The Labute approximate surface area is 401 Å². The molecule has 3 aromatic carbocycles. The van der Waals surface area contributed by atoms with Crippen molar-refractivity contribution in [2.75, 3.05) is 32.1 Å². The van der Waals surface area contributed by atoms with Crippen LogP contribution in [0, 0.1) is 30.6 Å². The summed E-state index contributed by atoms with van der Waals surface area (Å²) in [6.07, 6.45) is 7.01. The first-order valence-corrected chi connectivity index (χ1v) is 23.6. The summed E-state index contributed by atoms with van der Waals surface area (Å²) in [7, 11) is 1.47. The van der Waals surface area contributed by atoms with E-state index < -0.39 is 82.8 Å². The van der Waals surface area contributed by atoms with Gasteiger partial charge in [0.1, 0.15) is 28.6 Å². The lowest BCUT2D eigenvalue weighted by Crippen LogP contribution is -2.50. The second kappa shape index (κ2) is 19.3. The minimum absolute atomic E-state index is 0.0216. The molecule has 0 saturated carbocycles. The molecule has 16 nitrogen and oxygen atoms in total. The number of ketones is 1. The molecule has 16 heteroatoms. The molecule has 1 aromatic heterocycles. The molecule has 0 radical (unpaired) electrons. The predicted octanol–water partition coefficient (Wildman–Crippen LogP) is 5.88. The quantitative estimate of drug-likeness (QED) is 0.119. The number of phenolic OH excluding ortho intramolecular Hbond substituents is 2. The van der Waals surface area contributed by atoms with Crippen molar-refractivity contribution in [2.24, 2.45) is 33.7 Å². The number of rotatable bonds is 4. The van der Waals surface area contributed by atoms with Crippen LogP contribution >= 0.6 is 0 Å². The van der Waals surface area contributed by atoms with Gasteiger partial charge in [-0.1, -0.05) is 64.1 Å². The Bertz CT molecular complexity index is 2920. The number of phenols is 2. The van der Waals surface area contributed by atoms with Crippen LogP contribution in [0.2, 0.25) is 0 Å². The first kappa shape index (κ1) is 49.2. The second-order valence-electron chi connectivity index (χ2n) is 19.5. The number of piperidine rings is 1. The number of fused-ring (bicyclic) bond motifs is 2. The molecule has 69 heavy (non-hydrogen) atoms. The number of carbonyl (C=O) groups is 3. The van der Waals surface area contributed by atoms with Gasteiger partial charge in [-0.15, -0.1) is 0 Å². The van der Waals surface area contributed by atoms with Crippen molar-refractivity contribution in [1.29, 1.82) is 0 Å². The molecular weight excluding hydrogens is 883 g/mol. The van der Waals surface area contributed by atoms with Crippen LogP contribution in [0.15, 0.2) is 82.7 Å². The number of Topliss-reactive ketones (excluding diaryl/α,β-unsaturated/α-hetero) is 1. The topological polar surface area (TPSA) is 222 Å². The lowest BCUT2D eigenvalue weighted by molar-refractivity contribution is -0.160. The lowest BCUT2D eigenvalue weighted by atomic mass is 9.78. The maximum atomic E-state index is 15.0. The third-order valence-corrected chi connectivity index (χ3v) is 14.7. The Hall–Kier alpha value is -6.20. The van der Waals surface area contributed by atoms with Crippen molar-refractivity contribution in [3.63, 3.8) is 0 Å². The highest BCUT2D eigenvalue weighted by molar-refractivity contribution is 6.19. The molecule has 9 atom stereocenters. The standard InChI is InChI=1S/C53H63N5O11/c1-27-13-12-14-28(2)51(65)56-43-42-41(57-53(26-55-42)18-20-58(21-19-53)25-34-23-35-15-10-11-16-36(35)54-24-34)38-39(47(43)63)46(62)32(6)49-40(38)50(64)52(8,69-49)67-22-17-37(66-9)29(3)48(68-33(7)59)31(5)45(61)30(4)44(27)60/h10-17,22-24,27,29-31,37,44-45,48,60-63H,18-21,25-26H2,1-9H3,(H,56,65)/b13-12+,22-17+,28-14-/t27-,29+,30+,31+,37-,44-,45+,48+,52-/m0/s1. The summed E-state index contributed by atoms with van der Waals surface area (Å²) >= 11 is 0. The van der Waals surface area contributed by atoms with Gasteiger partial charge in [0.15, 0.2) is 5.75 Å². The van der Waals surface area contributed by atoms with Crippen molar-refractivity contribution in [1.82, 2.24) is 9.88 Å². The summed E-state index contributed by atoms with van der Waals surface area (Å²) in [4.78, 5) is 58.9. The van der Waals surface area contributed by atoms with Crippen LogP contribution in [0.4, 0.5) is 5.69 Å². The van der Waals surface area contributed by atoms with E-state index in [9.17, 15) is 34.8 Å². The fourth-order valence-corrected chi connectivity index (χ4v) is 10.3. The first-order chi connectivity index (χ1) is 32.8. The molecule has 4 aromatic rings. The number of ether oxygens (including phenoxy) is 4. The molecule has 1 amide bonds. The minimum atomic E-state index is -1.99. The smallest absolute Gasteiger partial charge is 0.312 e. The number of methoxy groups -OCH3 is 1. The van der Waals surface area contributed by atoms with Gasteiger partial charge in [-0.2, -0.15) is 0 Å². The summed E-state index contributed by atoms with van der Waals surface area (Å²) in [5, 5.41) is 51.6. The molecule has 1 saturated heterocycles. The van der Waals surface area contributed by atoms with Crippen molar-refractivity contribution in [3.8, 4) is 17.2 Å². The van der Waals surface area contributed by atoms with E-state index in [1.807, 2.05) is 30.5 Å². The van der Waals surface area contributed by atoms with Gasteiger partial charge < -0.3 is 44.7 Å².